The lowest BCUT2D eigenvalue weighted by Gasteiger charge is -2.37. The van der Waals surface area contributed by atoms with E-state index < -0.39 is 0 Å². The standard InChI is InChI=1S/C23H24N4O/c28-23(27-16-14-26(15-17-27)22-11-5-7-13-25-22)21(19-8-2-1-3-9-19)18-20-10-4-6-12-24-20/h1-13,21H,14-18H2. The fourth-order valence-corrected chi connectivity index (χ4v) is 3.68. The molecule has 3 heterocycles. The Balaban J connectivity index is 1.48. The van der Waals surface area contributed by atoms with Crippen LogP contribution in [0.3, 0.4) is 0 Å². The van der Waals surface area contributed by atoms with Gasteiger partial charge in [-0.1, -0.05) is 42.5 Å². The highest BCUT2D eigenvalue weighted by molar-refractivity contribution is 5.84. The SMILES string of the molecule is O=C(C(Cc1ccccn1)c1ccccc1)N1CCN(c2ccccn2)CC1. The zero-order valence-corrected chi connectivity index (χ0v) is 15.8. The van der Waals surface area contributed by atoms with Crippen molar-refractivity contribution in [2.45, 2.75) is 12.3 Å². The molecular formula is C23H24N4O. The molecule has 1 aromatic carbocycles. The summed E-state index contributed by atoms with van der Waals surface area (Å²) in [7, 11) is 0. The Bertz CT molecular complexity index is 878. The summed E-state index contributed by atoms with van der Waals surface area (Å²) in [5, 5.41) is 0. The normalized spacial score (nSPS) is 15.3. The van der Waals surface area contributed by atoms with Crippen LogP contribution in [0, 0.1) is 0 Å². The van der Waals surface area contributed by atoms with E-state index in [2.05, 4.69) is 14.9 Å². The van der Waals surface area contributed by atoms with Crippen molar-refractivity contribution in [1.29, 1.82) is 0 Å². The molecule has 0 N–H and O–H groups in total. The highest BCUT2D eigenvalue weighted by atomic mass is 16.2. The average molecular weight is 372 g/mol. The summed E-state index contributed by atoms with van der Waals surface area (Å²) in [6.45, 7) is 3.02. The number of carbonyl (C=O) groups is 1. The molecule has 5 heteroatoms. The van der Waals surface area contributed by atoms with Gasteiger partial charge < -0.3 is 9.80 Å². The first-order valence-electron chi connectivity index (χ1n) is 9.71. The van der Waals surface area contributed by atoms with Crippen LogP contribution < -0.4 is 4.90 Å². The van der Waals surface area contributed by atoms with E-state index in [1.807, 2.05) is 77.8 Å². The number of carbonyl (C=O) groups excluding carboxylic acids is 1. The number of piperazine rings is 1. The average Bonchev–Trinajstić information content (AvgIpc) is 2.79. The van der Waals surface area contributed by atoms with Gasteiger partial charge in [-0.05, 0) is 29.8 Å². The molecule has 28 heavy (non-hydrogen) atoms. The number of pyridine rings is 2. The Morgan fingerprint density at radius 1 is 0.821 bits per heavy atom. The summed E-state index contributed by atoms with van der Waals surface area (Å²) in [6.07, 6.45) is 4.21. The van der Waals surface area contributed by atoms with Crippen molar-refractivity contribution < 1.29 is 4.79 Å². The van der Waals surface area contributed by atoms with E-state index in [1.165, 1.54) is 0 Å². The zero-order valence-electron chi connectivity index (χ0n) is 15.8. The van der Waals surface area contributed by atoms with Gasteiger partial charge in [0.05, 0.1) is 5.92 Å². The molecule has 2 aromatic heterocycles. The molecule has 0 radical (unpaired) electrons. The van der Waals surface area contributed by atoms with Crippen LogP contribution in [0.15, 0.2) is 79.1 Å². The van der Waals surface area contributed by atoms with E-state index in [-0.39, 0.29) is 11.8 Å². The Morgan fingerprint density at radius 3 is 2.14 bits per heavy atom. The van der Waals surface area contributed by atoms with Crippen LogP contribution in [-0.2, 0) is 11.2 Å². The van der Waals surface area contributed by atoms with Gasteiger partial charge in [-0.3, -0.25) is 9.78 Å². The number of benzene rings is 1. The summed E-state index contributed by atoms with van der Waals surface area (Å²) in [5.41, 5.74) is 1.99. The molecule has 0 aliphatic carbocycles. The van der Waals surface area contributed by atoms with Gasteiger partial charge in [-0.15, -0.1) is 0 Å². The molecule has 1 atom stereocenters. The van der Waals surface area contributed by atoms with Gasteiger partial charge in [-0.25, -0.2) is 4.98 Å². The first-order valence-corrected chi connectivity index (χ1v) is 9.71. The predicted molar refractivity (Wildman–Crippen MR) is 110 cm³/mol. The van der Waals surface area contributed by atoms with E-state index in [0.717, 1.165) is 30.2 Å². The van der Waals surface area contributed by atoms with Crippen LogP contribution in [0.1, 0.15) is 17.2 Å². The molecule has 0 bridgehead atoms. The second kappa shape index (κ2) is 8.65. The molecule has 1 fully saturated rings. The molecule has 0 spiro atoms. The molecule has 1 amide bonds. The predicted octanol–water partition coefficient (Wildman–Crippen LogP) is 3.15. The lowest BCUT2D eigenvalue weighted by molar-refractivity contribution is -0.133. The van der Waals surface area contributed by atoms with Gasteiger partial charge >= 0.3 is 0 Å². The van der Waals surface area contributed by atoms with Crippen molar-refractivity contribution in [3.63, 3.8) is 0 Å². The van der Waals surface area contributed by atoms with E-state index in [0.29, 0.717) is 19.5 Å². The zero-order chi connectivity index (χ0) is 19.2. The van der Waals surface area contributed by atoms with Crippen molar-refractivity contribution in [2.24, 2.45) is 0 Å². The molecule has 0 saturated carbocycles. The third kappa shape index (κ3) is 4.19. The van der Waals surface area contributed by atoms with Crippen molar-refractivity contribution >= 4 is 11.7 Å². The lowest BCUT2D eigenvalue weighted by Crippen LogP contribution is -2.50. The topological polar surface area (TPSA) is 49.3 Å². The molecule has 142 valence electrons. The van der Waals surface area contributed by atoms with Gasteiger partial charge in [0.15, 0.2) is 0 Å². The molecule has 1 aliphatic rings. The third-order valence-corrected chi connectivity index (χ3v) is 5.20. The van der Waals surface area contributed by atoms with E-state index >= 15 is 0 Å². The Morgan fingerprint density at radius 2 is 1.50 bits per heavy atom. The van der Waals surface area contributed by atoms with Crippen molar-refractivity contribution in [3.8, 4) is 0 Å². The Kier molecular flexibility index (Phi) is 5.61. The van der Waals surface area contributed by atoms with Crippen LogP contribution in [0.25, 0.3) is 0 Å². The van der Waals surface area contributed by atoms with Crippen LogP contribution in [0.2, 0.25) is 0 Å². The molecule has 3 aromatic rings. The maximum absolute atomic E-state index is 13.4. The number of amides is 1. The van der Waals surface area contributed by atoms with Gasteiger partial charge in [0.1, 0.15) is 5.82 Å². The fraction of sp³-hybridized carbons (Fsp3) is 0.261. The van der Waals surface area contributed by atoms with Crippen LogP contribution in [0.4, 0.5) is 5.82 Å². The highest BCUT2D eigenvalue weighted by Crippen LogP contribution is 2.24. The summed E-state index contributed by atoms with van der Waals surface area (Å²) in [6, 6.07) is 21.8. The third-order valence-electron chi connectivity index (χ3n) is 5.20. The lowest BCUT2D eigenvalue weighted by atomic mass is 9.92. The smallest absolute Gasteiger partial charge is 0.230 e. The molecule has 1 unspecified atom stereocenters. The molecule has 5 nitrogen and oxygen atoms in total. The van der Waals surface area contributed by atoms with E-state index in [1.54, 1.807) is 6.20 Å². The minimum Gasteiger partial charge on any atom is -0.353 e. The number of anilines is 1. The van der Waals surface area contributed by atoms with Gasteiger partial charge in [0.25, 0.3) is 0 Å². The van der Waals surface area contributed by atoms with E-state index in [4.69, 9.17) is 0 Å². The molecule has 1 saturated heterocycles. The molecule has 4 rings (SSSR count). The Hall–Kier alpha value is -3.21. The van der Waals surface area contributed by atoms with Crippen molar-refractivity contribution in [3.05, 3.63) is 90.4 Å². The summed E-state index contributed by atoms with van der Waals surface area (Å²) >= 11 is 0. The van der Waals surface area contributed by atoms with Crippen molar-refractivity contribution in [1.82, 2.24) is 14.9 Å². The highest BCUT2D eigenvalue weighted by Gasteiger charge is 2.29. The van der Waals surface area contributed by atoms with Crippen LogP contribution in [0.5, 0.6) is 0 Å². The summed E-state index contributed by atoms with van der Waals surface area (Å²) < 4.78 is 0. The fourth-order valence-electron chi connectivity index (χ4n) is 3.68. The number of rotatable bonds is 5. The summed E-state index contributed by atoms with van der Waals surface area (Å²) in [4.78, 5) is 26.5. The number of hydrogen-bond acceptors (Lipinski definition) is 4. The molecular weight excluding hydrogens is 348 g/mol. The van der Waals surface area contributed by atoms with Gasteiger partial charge in [0, 0.05) is 50.7 Å². The second-order valence-corrected chi connectivity index (χ2v) is 6.99. The first-order chi connectivity index (χ1) is 13.8. The quantitative estimate of drug-likeness (QED) is 0.690. The number of nitrogens with zero attached hydrogens (tertiary/aromatic N) is 4. The van der Waals surface area contributed by atoms with Crippen LogP contribution in [-0.4, -0.2) is 47.0 Å². The number of hydrogen-bond donors (Lipinski definition) is 0. The monoisotopic (exact) mass is 372 g/mol. The van der Waals surface area contributed by atoms with Crippen molar-refractivity contribution in [2.75, 3.05) is 31.1 Å². The maximum Gasteiger partial charge on any atom is 0.230 e. The van der Waals surface area contributed by atoms with Gasteiger partial charge in [0.2, 0.25) is 5.91 Å². The first kappa shape index (κ1) is 18.2. The molecule has 1 aliphatic heterocycles. The Labute approximate surface area is 165 Å². The maximum atomic E-state index is 13.4. The van der Waals surface area contributed by atoms with E-state index in [9.17, 15) is 4.79 Å². The van der Waals surface area contributed by atoms with Crippen LogP contribution >= 0.6 is 0 Å². The van der Waals surface area contributed by atoms with Gasteiger partial charge in [-0.2, -0.15) is 0 Å². The minimum absolute atomic E-state index is 0.178. The number of aromatic nitrogens is 2. The minimum atomic E-state index is -0.211. The summed E-state index contributed by atoms with van der Waals surface area (Å²) in [5.74, 6) is 0.942. The second-order valence-electron chi connectivity index (χ2n) is 6.99. The largest absolute Gasteiger partial charge is 0.353 e.